The highest BCUT2D eigenvalue weighted by Crippen LogP contribution is 2.27. The van der Waals surface area contributed by atoms with E-state index >= 15 is 0 Å². The van der Waals surface area contributed by atoms with Crippen LogP contribution in [0.3, 0.4) is 0 Å². The third-order valence-electron chi connectivity index (χ3n) is 4.88. The Labute approximate surface area is 161 Å². The monoisotopic (exact) mass is 379 g/mol. The van der Waals surface area contributed by atoms with Crippen molar-refractivity contribution in [1.82, 2.24) is 5.32 Å². The molecule has 0 saturated heterocycles. The quantitative estimate of drug-likeness (QED) is 0.670. The molecule has 1 aliphatic rings. The summed E-state index contributed by atoms with van der Waals surface area (Å²) in [6.07, 6.45) is 6.26. The smallest absolute Gasteiger partial charge is 0.253 e. The van der Waals surface area contributed by atoms with E-state index in [1.165, 1.54) is 19.3 Å². The van der Waals surface area contributed by atoms with Gasteiger partial charge in [-0.2, -0.15) is 0 Å². The summed E-state index contributed by atoms with van der Waals surface area (Å²) >= 11 is 6.22. The topological polar surface area (TPSA) is 84.2 Å². The molecule has 0 aliphatic heterocycles. The second-order valence-corrected chi connectivity index (χ2v) is 7.96. The number of benzene rings is 1. The average Bonchev–Trinajstić information content (AvgIpc) is 2.61. The van der Waals surface area contributed by atoms with Gasteiger partial charge < -0.3 is 16.4 Å². The van der Waals surface area contributed by atoms with Gasteiger partial charge in [0.15, 0.2) is 0 Å². The van der Waals surface area contributed by atoms with Gasteiger partial charge in [-0.3, -0.25) is 9.59 Å². The van der Waals surface area contributed by atoms with Crippen molar-refractivity contribution in [3.63, 3.8) is 0 Å². The first-order chi connectivity index (χ1) is 12.4. The number of nitrogens with two attached hydrogens (primary N) is 1. The Hall–Kier alpha value is -1.59. The van der Waals surface area contributed by atoms with E-state index in [9.17, 15) is 9.59 Å². The Morgan fingerprint density at radius 2 is 1.92 bits per heavy atom. The maximum absolute atomic E-state index is 12.7. The zero-order valence-corrected chi connectivity index (χ0v) is 16.4. The van der Waals surface area contributed by atoms with Crippen LogP contribution in [0.25, 0.3) is 0 Å². The van der Waals surface area contributed by atoms with Crippen LogP contribution in [-0.2, 0) is 4.79 Å². The molecule has 144 valence electrons. The van der Waals surface area contributed by atoms with E-state index in [-0.39, 0.29) is 23.8 Å². The predicted octanol–water partition coefficient (Wildman–Crippen LogP) is 3.96. The van der Waals surface area contributed by atoms with Crippen LogP contribution in [0, 0.1) is 11.8 Å². The number of rotatable bonds is 7. The lowest BCUT2D eigenvalue weighted by Crippen LogP contribution is -2.46. The van der Waals surface area contributed by atoms with Gasteiger partial charge in [-0.05, 0) is 42.9 Å². The molecule has 4 N–H and O–H groups in total. The third kappa shape index (κ3) is 5.99. The number of amides is 2. The molecule has 6 heteroatoms. The summed E-state index contributed by atoms with van der Waals surface area (Å²) in [7, 11) is 0. The Morgan fingerprint density at radius 3 is 2.54 bits per heavy atom. The molecule has 5 nitrogen and oxygen atoms in total. The van der Waals surface area contributed by atoms with Crippen LogP contribution in [-0.4, -0.2) is 24.4 Å². The molecule has 1 saturated carbocycles. The molecule has 2 amide bonds. The van der Waals surface area contributed by atoms with E-state index in [0.29, 0.717) is 35.2 Å². The second-order valence-electron chi connectivity index (χ2n) is 7.55. The Balaban J connectivity index is 2.06. The summed E-state index contributed by atoms with van der Waals surface area (Å²) in [4.78, 5) is 24.7. The number of hydrogen-bond donors (Lipinski definition) is 3. The van der Waals surface area contributed by atoms with E-state index < -0.39 is 0 Å². The maximum atomic E-state index is 12.7. The van der Waals surface area contributed by atoms with Gasteiger partial charge in [0, 0.05) is 24.7 Å². The van der Waals surface area contributed by atoms with E-state index in [1.807, 2.05) is 13.8 Å². The van der Waals surface area contributed by atoms with Crippen LogP contribution in [0.1, 0.15) is 62.7 Å². The minimum Gasteiger partial charge on any atom is -0.348 e. The molecule has 0 spiro atoms. The third-order valence-corrected chi connectivity index (χ3v) is 5.21. The lowest BCUT2D eigenvalue weighted by molar-refractivity contribution is -0.116. The minimum absolute atomic E-state index is 0.0435. The zero-order chi connectivity index (χ0) is 19.1. The van der Waals surface area contributed by atoms with Gasteiger partial charge in [0.1, 0.15) is 0 Å². The van der Waals surface area contributed by atoms with Crippen molar-refractivity contribution in [2.24, 2.45) is 17.6 Å². The van der Waals surface area contributed by atoms with Crippen molar-refractivity contribution in [2.45, 2.75) is 58.4 Å². The van der Waals surface area contributed by atoms with E-state index in [4.69, 9.17) is 17.3 Å². The SMILES string of the molecule is CC(C)CC(=O)Nc1ccc(Cl)c(C(=O)NC(CN)C2CCCCC2)c1. The number of carbonyl (C=O) groups is 2. The predicted molar refractivity (Wildman–Crippen MR) is 106 cm³/mol. The maximum Gasteiger partial charge on any atom is 0.253 e. The molecular weight excluding hydrogens is 350 g/mol. The van der Waals surface area contributed by atoms with Crippen LogP contribution < -0.4 is 16.4 Å². The van der Waals surface area contributed by atoms with E-state index in [1.54, 1.807) is 18.2 Å². The van der Waals surface area contributed by atoms with Crippen molar-refractivity contribution in [3.05, 3.63) is 28.8 Å². The summed E-state index contributed by atoms with van der Waals surface area (Å²) in [6, 6.07) is 4.93. The van der Waals surface area contributed by atoms with Crippen molar-refractivity contribution >= 4 is 29.1 Å². The van der Waals surface area contributed by atoms with Gasteiger partial charge >= 0.3 is 0 Å². The first-order valence-electron chi connectivity index (χ1n) is 9.51. The fraction of sp³-hybridized carbons (Fsp3) is 0.600. The number of nitrogens with one attached hydrogen (secondary N) is 2. The molecule has 1 atom stereocenters. The van der Waals surface area contributed by atoms with Gasteiger partial charge in [0.2, 0.25) is 5.91 Å². The molecule has 0 bridgehead atoms. The normalized spacial score (nSPS) is 16.3. The molecule has 0 heterocycles. The summed E-state index contributed by atoms with van der Waals surface area (Å²) in [5, 5.41) is 6.23. The summed E-state index contributed by atoms with van der Waals surface area (Å²) in [5.41, 5.74) is 6.85. The van der Waals surface area contributed by atoms with Crippen LogP contribution in [0.2, 0.25) is 5.02 Å². The number of hydrogen-bond acceptors (Lipinski definition) is 3. The van der Waals surface area contributed by atoms with Gasteiger partial charge in [0.25, 0.3) is 5.91 Å². The lowest BCUT2D eigenvalue weighted by Gasteiger charge is -2.30. The molecule has 0 aromatic heterocycles. The van der Waals surface area contributed by atoms with Gasteiger partial charge in [-0.1, -0.05) is 44.7 Å². The van der Waals surface area contributed by atoms with E-state index in [2.05, 4.69) is 10.6 Å². The molecular formula is C20H30ClN3O2. The van der Waals surface area contributed by atoms with Crippen molar-refractivity contribution < 1.29 is 9.59 Å². The Kier molecular flexibility index (Phi) is 7.91. The van der Waals surface area contributed by atoms with Crippen molar-refractivity contribution in [3.8, 4) is 0 Å². The van der Waals surface area contributed by atoms with Crippen LogP contribution in [0.15, 0.2) is 18.2 Å². The largest absolute Gasteiger partial charge is 0.348 e. The van der Waals surface area contributed by atoms with Gasteiger partial charge in [-0.25, -0.2) is 0 Å². The van der Waals surface area contributed by atoms with Crippen LogP contribution >= 0.6 is 11.6 Å². The van der Waals surface area contributed by atoms with Gasteiger partial charge in [-0.15, -0.1) is 0 Å². The summed E-state index contributed by atoms with van der Waals surface area (Å²) < 4.78 is 0. The van der Waals surface area contributed by atoms with Crippen LogP contribution in [0.4, 0.5) is 5.69 Å². The summed E-state index contributed by atoms with van der Waals surface area (Å²) in [5.74, 6) is 0.378. The average molecular weight is 380 g/mol. The van der Waals surface area contributed by atoms with Crippen LogP contribution in [0.5, 0.6) is 0 Å². The van der Waals surface area contributed by atoms with Crippen molar-refractivity contribution in [1.29, 1.82) is 0 Å². The first kappa shape index (κ1) is 20.7. The molecule has 26 heavy (non-hydrogen) atoms. The number of halogens is 1. The highest BCUT2D eigenvalue weighted by molar-refractivity contribution is 6.34. The standard InChI is InChI=1S/C20H30ClN3O2/c1-13(2)10-19(25)23-15-8-9-17(21)16(11-15)20(26)24-18(12-22)14-6-4-3-5-7-14/h8-9,11,13-14,18H,3-7,10,12,22H2,1-2H3,(H,23,25)(H,24,26). The molecule has 0 radical (unpaired) electrons. The fourth-order valence-electron chi connectivity index (χ4n) is 3.51. The fourth-order valence-corrected chi connectivity index (χ4v) is 3.72. The van der Waals surface area contributed by atoms with E-state index in [0.717, 1.165) is 12.8 Å². The molecule has 1 aromatic carbocycles. The number of anilines is 1. The second kappa shape index (κ2) is 9.93. The molecule has 1 aromatic rings. The van der Waals surface area contributed by atoms with Crippen molar-refractivity contribution in [2.75, 3.05) is 11.9 Å². The zero-order valence-electron chi connectivity index (χ0n) is 15.7. The Bertz CT molecular complexity index is 627. The lowest BCUT2D eigenvalue weighted by atomic mass is 9.84. The summed E-state index contributed by atoms with van der Waals surface area (Å²) in [6.45, 7) is 4.38. The molecule has 2 rings (SSSR count). The van der Waals surface area contributed by atoms with Gasteiger partial charge in [0.05, 0.1) is 10.6 Å². The first-order valence-corrected chi connectivity index (χ1v) is 9.88. The molecule has 1 unspecified atom stereocenters. The number of carbonyl (C=O) groups excluding carboxylic acids is 2. The minimum atomic E-state index is -0.240. The highest BCUT2D eigenvalue weighted by Gasteiger charge is 2.25. The molecule has 1 aliphatic carbocycles. The Morgan fingerprint density at radius 1 is 1.23 bits per heavy atom. The molecule has 1 fully saturated rings. The highest BCUT2D eigenvalue weighted by atomic mass is 35.5.